The van der Waals surface area contributed by atoms with Gasteiger partial charge in [-0.15, -0.1) is 0 Å². The fourth-order valence-corrected chi connectivity index (χ4v) is 1.93. The van der Waals surface area contributed by atoms with E-state index >= 15 is 0 Å². The van der Waals surface area contributed by atoms with Gasteiger partial charge in [0.05, 0.1) is 17.5 Å². The maximum Gasteiger partial charge on any atom is 0.227 e. The van der Waals surface area contributed by atoms with Crippen LogP contribution < -0.4 is 5.32 Å². The molecule has 6 nitrogen and oxygen atoms in total. The van der Waals surface area contributed by atoms with Crippen molar-refractivity contribution in [3.8, 4) is 0 Å². The predicted octanol–water partition coefficient (Wildman–Crippen LogP) is 1.30. The molecule has 0 amide bonds. The molecule has 0 unspecified atom stereocenters. The van der Waals surface area contributed by atoms with Crippen LogP contribution in [0.2, 0.25) is 0 Å². The van der Waals surface area contributed by atoms with Crippen LogP contribution >= 0.6 is 0 Å². The number of nitrogens with zero attached hydrogens (tertiary/aromatic N) is 3. The first-order valence-corrected chi connectivity index (χ1v) is 6.25. The molecule has 2 heterocycles. The van der Waals surface area contributed by atoms with E-state index in [-0.39, 0.29) is 0 Å². The summed E-state index contributed by atoms with van der Waals surface area (Å²) in [5, 5.41) is 7.01. The fourth-order valence-electron chi connectivity index (χ4n) is 1.93. The zero-order chi connectivity index (χ0) is 13.1. The third-order valence-corrected chi connectivity index (χ3v) is 2.86. The molecule has 3 rings (SSSR count). The molecule has 0 bridgehead atoms. The number of likely N-dealkylation sites (N-methyl/N-ethyl adjacent to an activating group) is 1. The van der Waals surface area contributed by atoms with E-state index in [9.17, 15) is 0 Å². The molecule has 0 aliphatic carbocycles. The number of benzene rings is 1. The highest BCUT2D eigenvalue weighted by molar-refractivity contribution is 5.74. The van der Waals surface area contributed by atoms with Gasteiger partial charge in [0.1, 0.15) is 5.82 Å². The van der Waals surface area contributed by atoms with Crippen LogP contribution in [-0.4, -0.2) is 33.7 Å². The van der Waals surface area contributed by atoms with E-state index in [0.29, 0.717) is 18.1 Å². The minimum absolute atomic E-state index is 0.553. The van der Waals surface area contributed by atoms with Crippen molar-refractivity contribution in [2.45, 2.75) is 12.8 Å². The minimum atomic E-state index is 0.553. The zero-order valence-electron chi connectivity index (χ0n) is 10.7. The van der Waals surface area contributed by atoms with Gasteiger partial charge in [0.25, 0.3) is 0 Å². The molecule has 0 saturated heterocycles. The van der Waals surface area contributed by atoms with Crippen molar-refractivity contribution in [3.05, 3.63) is 41.8 Å². The lowest BCUT2D eigenvalue weighted by Crippen LogP contribution is -2.10. The molecule has 98 valence electrons. The second kappa shape index (κ2) is 5.19. The van der Waals surface area contributed by atoms with E-state index in [1.165, 1.54) is 0 Å². The van der Waals surface area contributed by atoms with Gasteiger partial charge < -0.3 is 14.8 Å². The van der Waals surface area contributed by atoms with Crippen molar-refractivity contribution in [3.63, 3.8) is 0 Å². The van der Waals surface area contributed by atoms with Crippen LogP contribution in [0, 0.1) is 0 Å². The Labute approximate surface area is 110 Å². The van der Waals surface area contributed by atoms with Gasteiger partial charge in [-0.25, -0.2) is 4.98 Å². The van der Waals surface area contributed by atoms with Gasteiger partial charge in [0.2, 0.25) is 5.89 Å². The fraction of sp³-hybridized carbons (Fsp3) is 0.308. The largest absolute Gasteiger partial charge is 0.342 e. The quantitative estimate of drug-likeness (QED) is 0.720. The van der Waals surface area contributed by atoms with Gasteiger partial charge >= 0.3 is 0 Å². The summed E-state index contributed by atoms with van der Waals surface area (Å²) in [4.78, 5) is 12.1. The summed E-state index contributed by atoms with van der Waals surface area (Å²) in [7, 11) is 1.89. The molecule has 19 heavy (non-hydrogen) atoms. The summed E-state index contributed by atoms with van der Waals surface area (Å²) in [5.74, 6) is 2.16. The van der Waals surface area contributed by atoms with Gasteiger partial charge in [-0.05, 0) is 19.2 Å². The molecule has 0 aliphatic rings. The molecule has 2 N–H and O–H groups in total. The maximum atomic E-state index is 5.17. The normalized spacial score (nSPS) is 11.2. The molecule has 2 aromatic heterocycles. The number of aromatic nitrogens is 4. The van der Waals surface area contributed by atoms with Crippen molar-refractivity contribution in [2.24, 2.45) is 0 Å². The smallest absolute Gasteiger partial charge is 0.227 e. The Morgan fingerprint density at radius 3 is 3.00 bits per heavy atom. The van der Waals surface area contributed by atoms with Crippen LogP contribution in [0.3, 0.4) is 0 Å². The molecule has 0 spiro atoms. The van der Waals surface area contributed by atoms with Crippen molar-refractivity contribution < 1.29 is 4.52 Å². The van der Waals surface area contributed by atoms with Gasteiger partial charge in [0.15, 0.2) is 5.82 Å². The lowest BCUT2D eigenvalue weighted by Gasteiger charge is -1.91. The Bertz CT molecular complexity index is 639. The van der Waals surface area contributed by atoms with Crippen LogP contribution in [0.5, 0.6) is 0 Å². The number of nitrogens with one attached hydrogen (secondary N) is 2. The molecule has 0 saturated carbocycles. The van der Waals surface area contributed by atoms with Crippen LogP contribution in [0.1, 0.15) is 17.5 Å². The zero-order valence-corrected chi connectivity index (χ0v) is 10.7. The highest BCUT2D eigenvalue weighted by atomic mass is 16.5. The molecule has 6 heteroatoms. The molecular formula is C13H15N5O. The summed E-state index contributed by atoms with van der Waals surface area (Å²) < 4.78 is 5.17. The first-order valence-electron chi connectivity index (χ1n) is 6.25. The van der Waals surface area contributed by atoms with Crippen LogP contribution in [0.15, 0.2) is 28.8 Å². The number of aromatic amines is 1. The van der Waals surface area contributed by atoms with Crippen molar-refractivity contribution >= 4 is 11.0 Å². The van der Waals surface area contributed by atoms with Crippen molar-refractivity contribution in [1.82, 2.24) is 25.4 Å². The summed E-state index contributed by atoms with van der Waals surface area (Å²) in [6, 6.07) is 7.93. The third kappa shape index (κ3) is 2.63. The first-order chi connectivity index (χ1) is 9.35. The van der Waals surface area contributed by atoms with E-state index in [4.69, 9.17) is 4.52 Å². The second-order valence-electron chi connectivity index (χ2n) is 4.34. The van der Waals surface area contributed by atoms with E-state index in [2.05, 4.69) is 25.4 Å². The molecule has 1 aromatic carbocycles. The predicted molar refractivity (Wildman–Crippen MR) is 70.8 cm³/mol. The van der Waals surface area contributed by atoms with Crippen molar-refractivity contribution in [1.29, 1.82) is 0 Å². The summed E-state index contributed by atoms with van der Waals surface area (Å²) in [5.41, 5.74) is 1.98. The van der Waals surface area contributed by atoms with E-state index in [1.807, 2.05) is 31.3 Å². The van der Waals surface area contributed by atoms with Gasteiger partial charge in [-0.3, -0.25) is 0 Å². The Balaban J connectivity index is 1.75. The lowest BCUT2D eigenvalue weighted by atomic mass is 10.3. The average Bonchev–Trinajstić information content (AvgIpc) is 3.02. The standard InChI is InChI=1S/C13H15N5O/c1-14-7-6-13-17-12(18-19-13)8-11-15-9-4-2-3-5-10(9)16-11/h2-5,14H,6-8H2,1H3,(H,15,16). The summed E-state index contributed by atoms with van der Waals surface area (Å²) in [6.45, 7) is 0.826. The number of hydrogen-bond donors (Lipinski definition) is 2. The molecule has 3 aromatic rings. The number of rotatable bonds is 5. The number of H-pyrrole nitrogens is 1. The monoisotopic (exact) mass is 257 g/mol. The minimum Gasteiger partial charge on any atom is -0.342 e. The van der Waals surface area contributed by atoms with Gasteiger partial charge in [0, 0.05) is 13.0 Å². The molecule has 0 atom stereocenters. The SMILES string of the molecule is CNCCc1nc(Cc2nc3ccccc3[nH]2)no1. The van der Waals surface area contributed by atoms with E-state index in [1.54, 1.807) is 0 Å². The third-order valence-electron chi connectivity index (χ3n) is 2.86. The summed E-state index contributed by atoms with van der Waals surface area (Å²) in [6.07, 6.45) is 1.29. The maximum absolute atomic E-state index is 5.17. The number of hydrogen-bond acceptors (Lipinski definition) is 5. The number of para-hydroxylation sites is 2. The Morgan fingerprint density at radius 1 is 1.26 bits per heavy atom. The molecule has 0 fully saturated rings. The Kier molecular flexibility index (Phi) is 3.24. The van der Waals surface area contributed by atoms with Gasteiger partial charge in [-0.2, -0.15) is 4.98 Å². The molecule has 0 aliphatic heterocycles. The molecular weight excluding hydrogens is 242 g/mol. The first kappa shape index (κ1) is 11.9. The van der Waals surface area contributed by atoms with Crippen LogP contribution in [0.25, 0.3) is 11.0 Å². The Morgan fingerprint density at radius 2 is 2.16 bits per heavy atom. The number of fused-ring (bicyclic) bond motifs is 1. The molecule has 0 radical (unpaired) electrons. The number of imidazole rings is 1. The summed E-state index contributed by atoms with van der Waals surface area (Å²) >= 11 is 0. The highest BCUT2D eigenvalue weighted by Gasteiger charge is 2.09. The topological polar surface area (TPSA) is 79.6 Å². The van der Waals surface area contributed by atoms with Crippen molar-refractivity contribution in [2.75, 3.05) is 13.6 Å². The van der Waals surface area contributed by atoms with Crippen LogP contribution in [0.4, 0.5) is 0 Å². The van der Waals surface area contributed by atoms with E-state index < -0.39 is 0 Å². The van der Waals surface area contributed by atoms with E-state index in [0.717, 1.165) is 29.8 Å². The highest BCUT2D eigenvalue weighted by Crippen LogP contribution is 2.12. The lowest BCUT2D eigenvalue weighted by molar-refractivity contribution is 0.372. The Hall–Kier alpha value is -2.21. The second-order valence-corrected chi connectivity index (χ2v) is 4.34. The van der Waals surface area contributed by atoms with Gasteiger partial charge in [-0.1, -0.05) is 17.3 Å². The average molecular weight is 257 g/mol. The van der Waals surface area contributed by atoms with Crippen LogP contribution in [-0.2, 0) is 12.8 Å².